The van der Waals surface area contributed by atoms with Crippen molar-refractivity contribution < 1.29 is 0 Å². The predicted molar refractivity (Wildman–Crippen MR) is 89.0 cm³/mol. The van der Waals surface area contributed by atoms with Gasteiger partial charge >= 0.3 is 0 Å². The summed E-state index contributed by atoms with van der Waals surface area (Å²) in [7, 11) is 1.80. The number of nitrogens with zero attached hydrogens (tertiary/aromatic N) is 3. The molecule has 0 unspecified atom stereocenters. The maximum Gasteiger partial charge on any atom is 0.131 e. The first-order valence-electron chi connectivity index (χ1n) is 6.27. The molecule has 21 heavy (non-hydrogen) atoms. The Hall–Kier alpha value is -1.85. The van der Waals surface area contributed by atoms with Gasteiger partial charge in [0.2, 0.25) is 0 Å². The van der Waals surface area contributed by atoms with Crippen molar-refractivity contribution in [1.29, 1.82) is 0 Å². The maximum absolute atomic E-state index is 6.34. The second-order valence-corrected chi connectivity index (χ2v) is 5.89. The number of aromatic nitrogens is 3. The monoisotopic (exact) mass is 362 g/mol. The van der Waals surface area contributed by atoms with Crippen LogP contribution in [0.25, 0.3) is 22.5 Å². The van der Waals surface area contributed by atoms with Crippen LogP contribution < -0.4 is 5.73 Å². The molecule has 0 radical (unpaired) electrons. The molecule has 0 amide bonds. The van der Waals surface area contributed by atoms with Crippen LogP contribution in [0.5, 0.6) is 0 Å². The van der Waals surface area contributed by atoms with Crippen LogP contribution in [-0.2, 0) is 7.05 Å². The number of hydrogen-bond acceptors (Lipinski definition) is 3. The van der Waals surface area contributed by atoms with Crippen LogP contribution >= 0.6 is 27.5 Å². The van der Waals surface area contributed by atoms with E-state index in [-0.39, 0.29) is 0 Å². The lowest BCUT2D eigenvalue weighted by molar-refractivity contribution is 0.782. The third kappa shape index (κ3) is 2.54. The zero-order chi connectivity index (χ0) is 15.0. The van der Waals surface area contributed by atoms with Gasteiger partial charge in [-0.3, -0.25) is 9.67 Å². The van der Waals surface area contributed by atoms with Crippen LogP contribution in [0.1, 0.15) is 0 Å². The molecule has 106 valence electrons. The van der Waals surface area contributed by atoms with Crippen molar-refractivity contribution in [3.05, 3.63) is 52.1 Å². The lowest BCUT2D eigenvalue weighted by Gasteiger charge is -2.05. The van der Waals surface area contributed by atoms with E-state index in [2.05, 4.69) is 26.0 Å². The molecule has 2 N–H and O–H groups in total. The molecule has 0 bridgehead atoms. The molecule has 0 saturated carbocycles. The normalized spacial score (nSPS) is 10.8. The van der Waals surface area contributed by atoms with Crippen molar-refractivity contribution in [2.75, 3.05) is 5.73 Å². The van der Waals surface area contributed by atoms with Crippen molar-refractivity contribution in [3.63, 3.8) is 0 Å². The van der Waals surface area contributed by atoms with Crippen LogP contribution in [0.15, 0.2) is 47.1 Å². The van der Waals surface area contributed by atoms with Gasteiger partial charge in [-0.2, -0.15) is 5.10 Å². The Bertz CT molecular complexity index is 799. The molecule has 0 spiro atoms. The molecular formula is C15H12BrClN4. The predicted octanol–water partition coefficient (Wildman–Crippen LogP) is 4.15. The molecule has 0 atom stereocenters. The molecule has 0 aliphatic heterocycles. The van der Waals surface area contributed by atoms with E-state index in [1.807, 2.05) is 36.4 Å². The summed E-state index contributed by atoms with van der Waals surface area (Å²) in [5.41, 5.74) is 9.28. The first-order chi connectivity index (χ1) is 10.1. The summed E-state index contributed by atoms with van der Waals surface area (Å²) >= 11 is 9.75. The van der Waals surface area contributed by atoms with Crippen LogP contribution in [-0.4, -0.2) is 14.8 Å². The van der Waals surface area contributed by atoms with Gasteiger partial charge in [0.05, 0.1) is 16.3 Å². The maximum atomic E-state index is 6.34. The molecule has 4 nitrogen and oxygen atoms in total. The number of pyridine rings is 1. The summed E-state index contributed by atoms with van der Waals surface area (Å²) < 4.78 is 2.55. The van der Waals surface area contributed by atoms with E-state index in [1.54, 1.807) is 17.9 Å². The van der Waals surface area contributed by atoms with Crippen LogP contribution in [0.3, 0.4) is 0 Å². The SMILES string of the molecule is Cn1nc(-c2ccc(Br)cc2Cl)c(-c2ccccn2)c1N. The zero-order valence-electron chi connectivity index (χ0n) is 11.2. The third-order valence-corrected chi connectivity index (χ3v) is 4.00. The Labute approximate surface area is 135 Å². The van der Waals surface area contributed by atoms with E-state index in [0.717, 1.165) is 27.0 Å². The van der Waals surface area contributed by atoms with Crippen LogP contribution in [0.4, 0.5) is 5.82 Å². The van der Waals surface area contributed by atoms with E-state index in [1.165, 1.54) is 0 Å². The highest BCUT2D eigenvalue weighted by molar-refractivity contribution is 9.10. The Kier molecular flexibility index (Phi) is 3.69. The average Bonchev–Trinajstić information content (AvgIpc) is 2.75. The van der Waals surface area contributed by atoms with E-state index >= 15 is 0 Å². The first-order valence-corrected chi connectivity index (χ1v) is 7.44. The van der Waals surface area contributed by atoms with Crippen LogP contribution in [0.2, 0.25) is 5.02 Å². The highest BCUT2D eigenvalue weighted by atomic mass is 79.9. The number of rotatable bonds is 2. The molecule has 0 fully saturated rings. The highest BCUT2D eigenvalue weighted by Gasteiger charge is 2.20. The largest absolute Gasteiger partial charge is 0.383 e. The molecule has 3 aromatic rings. The van der Waals surface area contributed by atoms with Crippen molar-refractivity contribution in [2.24, 2.45) is 7.05 Å². The molecule has 0 aliphatic rings. The molecule has 2 heterocycles. The quantitative estimate of drug-likeness (QED) is 0.744. The van der Waals surface area contributed by atoms with Gasteiger partial charge < -0.3 is 5.73 Å². The number of nitrogens with two attached hydrogens (primary N) is 1. The Morgan fingerprint density at radius 2 is 2.05 bits per heavy atom. The zero-order valence-corrected chi connectivity index (χ0v) is 13.6. The Morgan fingerprint density at radius 1 is 1.24 bits per heavy atom. The first kappa shape index (κ1) is 14.1. The number of anilines is 1. The Morgan fingerprint density at radius 3 is 2.71 bits per heavy atom. The second kappa shape index (κ2) is 5.50. The van der Waals surface area contributed by atoms with E-state index in [9.17, 15) is 0 Å². The van der Waals surface area contributed by atoms with Gasteiger partial charge in [-0.25, -0.2) is 0 Å². The lowest BCUT2D eigenvalue weighted by atomic mass is 10.0. The molecule has 6 heteroatoms. The highest BCUT2D eigenvalue weighted by Crippen LogP contribution is 2.38. The number of benzene rings is 1. The molecule has 3 rings (SSSR count). The van der Waals surface area contributed by atoms with Gasteiger partial charge in [-0.1, -0.05) is 39.7 Å². The van der Waals surface area contributed by atoms with Gasteiger partial charge in [-0.05, 0) is 24.3 Å². The third-order valence-electron chi connectivity index (χ3n) is 3.20. The van der Waals surface area contributed by atoms with E-state index in [4.69, 9.17) is 17.3 Å². The van der Waals surface area contributed by atoms with Gasteiger partial charge in [0.1, 0.15) is 11.5 Å². The van der Waals surface area contributed by atoms with Gasteiger partial charge in [-0.15, -0.1) is 0 Å². The van der Waals surface area contributed by atoms with Gasteiger partial charge in [0.15, 0.2) is 0 Å². The minimum absolute atomic E-state index is 0.558. The minimum Gasteiger partial charge on any atom is -0.383 e. The molecule has 0 saturated heterocycles. The van der Waals surface area contributed by atoms with Crippen molar-refractivity contribution >= 4 is 33.3 Å². The molecule has 1 aromatic carbocycles. The van der Waals surface area contributed by atoms with Crippen molar-refractivity contribution in [1.82, 2.24) is 14.8 Å². The second-order valence-electron chi connectivity index (χ2n) is 4.57. The summed E-state index contributed by atoms with van der Waals surface area (Å²) in [5.74, 6) is 0.558. The fourth-order valence-electron chi connectivity index (χ4n) is 2.17. The van der Waals surface area contributed by atoms with E-state index in [0.29, 0.717) is 10.8 Å². The number of hydrogen-bond donors (Lipinski definition) is 1. The fourth-order valence-corrected chi connectivity index (χ4v) is 2.93. The summed E-state index contributed by atoms with van der Waals surface area (Å²) in [6, 6.07) is 11.4. The summed E-state index contributed by atoms with van der Waals surface area (Å²) in [6.45, 7) is 0. The number of aryl methyl sites for hydroxylation is 1. The Balaban J connectivity index is 2.27. The summed E-state index contributed by atoms with van der Waals surface area (Å²) in [4.78, 5) is 4.37. The van der Waals surface area contributed by atoms with Crippen molar-refractivity contribution in [2.45, 2.75) is 0 Å². The smallest absolute Gasteiger partial charge is 0.131 e. The summed E-state index contributed by atoms with van der Waals surface area (Å²) in [5, 5.41) is 5.11. The average molecular weight is 364 g/mol. The fraction of sp³-hybridized carbons (Fsp3) is 0.0667. The topological polar surface area (TPSA) is 56.7 Å². The minimum atomic E-state index is 0.558. The molecular weight excluding hydrogens is 352 g/mol. The van der Waals surface area contributed by atoms with Crippen LogP contribution in [0, 0.1) is 0 Å². The van der Waals surface area contributed by atoms with Crippen molar-refractivity contribution in [3.8, 4) is 22.5 Å². The number of nitrogen functional groups attached to an aromatic ring is 1. The van der Waals surface area contributed by atoms with Gasteiger partial charge in [0.25, 0.3) is 0 Å². The summed E-state index contributed by atoms with van der Waals surface area (Å²) in [6.07, 6.45) is 1.73. The standard InChI is InChI=1S/C15H12BrClN4/c1-21-15(18)13(12-4-2-3-7-19-12)14(20-21)10-6-5-9(16)8-11(10)17/h2-8H,18H2,1H3. The van der Waals surface area contributed by atoms with Gasteiger partial charge in [0, 0.05) is 23.3 Å². The van der Waals surface area contributed by atoms with E-state index < -0.39 is 0 Å². The molecule has 2 aromatic heterocycles. The molecule has 0 aliphatic carbocycles. The lowest BCUT2D eigenvalue weighted by Crippen LogP contribution is -1.98. The number of halogens is 2.